The van der Waals surface area contributed by atoms with Crippen molar-refractivity contribution < 1.29 is 15.3 Å². The van der Waals surface area contributed by atoms with E-state index in [0.29, 0.717) is 12.3 Å². The summed E-state index contributed by atoms with van der Waals surface area (Å²) < 4.78 is 0. The maximum Gasteiger partial charge on any atom is 0.0877 e. The molecule has 3 aliphatic rings. The van der Waals surface area contributed by atoms with Crippen molar-refractivity contribution in [2.45, 2.75) is 65.1 Å². The highest BCUT2D eigenvalue weighted by atomic mass is 16.3. The van der Waals surface area contributed by atoms with E-state index in [9.17, 15) is 15.3 Å². The van der Waals surface area contributed by atoms with Crippen LogP contribution >= 0.6 is 0 Å². The second-order valence-corrected chi connectivity index (χ2v) is 9.00. The summed E-state index contributed by atoms with van der Waals surface area (Å²) in [4.78, 5) is 0. The zero-order chi connectivity index (χ0) is 17.0. The second kappa shape index (κ2) is 5.44. The Bertz CT molecular complexity index is 527. The van der Waals surface area contributed by atoms with Crippen molar-refractivity contribution in [3.63, 3.8) is 0 Å². The van der Waals surface area contributed by atoms with E-state index in [1.54, 1.807) is 0 Å². The van der Waals surface area contributed by atoms with Crippen LogP contribution in [0.3, 0.4) is 0 Å². The first-order valence-electron chi connectivity index (χ1n) is 9.02. The van der Waals surface area contributed by atoms with Crippen LogP contribution in [0.2, 0.25) is 0 Å². The number of aliphatic hydroxyl groups is 3. The summed E-state index contributed by atoms with van der Waals surface area (Å²) in [5.74, 6) is 0.691. The van der Waals surface area contributed by atoms with E-state index < -0.39 is 17.6 Å². The zero-order valence-electron chi connectivity index (χ0n) is 14.8. The molecule has 2 saturated carbocycles. The number of hydrogen-bond donors (Lipinski definition) is 3. The summed E-state index contributed by atoms with van der Waals surface area (Å²) in [6.07, 6.45) is 7.71. The first-order chi connectivity index (χ1) is 10.7. The van der Waals surface area contributed by atoms with Gasteiger partial charge in [0, 0.05) is 10.8 Å². The number of aliphatic hydroxyl groups excluding tert-OH is 3. The molecule has 1 unspecified atom stereocenters. The number of hydrogen-bond acceptors (Lipinski definition) is 3. The molecule has 0 radical (unpaired) electrons. The smallest absolute Gasteiger partial charge is 0.0877 e. The minimum Gasteiger partial charge on any atom is -0.396 e. The van der Waals surface area contributed by atoms with Crippen molar-refractivity contribution in [3.8, 4) is 0 Å². The van der Waals surface area contributed by atoms with E-state index in [-0.39, 0.29) is 23.4 Å². The summed E-state index contributed by atoms with van der Waals surface area (Å²) in [5, 5.41) is 31.0. The fourth-order valence-corrected chi connectivity index (χ4v) is 6.06. The highest BCUT2D eigenvalue weighted by Crippen LogP contribution is 2.63. The van der Waals surface area contributed by atoms with Gasteiger partial charge < -0.3 is 15.3 Å². The number of rotatable bonds is 2. The highest BCUT2D eigenvalue weighted by molar-refractivity contribution is 5.27. The van der Waals surface area contributed by atoms with Gasteiger partial charge in [0.05, 0.1) is 18.8 Å². The monoisotopic (exact) mass is 320 g/mol. The predicted octanol–water partition coefficient (Wildman–Crippen LogP) is 3.06. The molecule has 3 heteroatoms. The van der Waals surface area contributed by atoms with E-state index in [4.69, 9.17) is 0 Å². The minimum atomic E-state index is -0.835. The van der Waals surface area contributed by atoms with Gasteiger partial charge in [-0.25, -0.2) is 0 Å². The summed E-state index contributed by atoms with van der Waals surface area (Å²) in [6, 6.07) is 0. The molecule has 0 aromatic carbocycles. The van der Waals surface area contributed by atoms with Gasteiger partial charge in [-0.15, -0.1) is 6.58 Å². The molecule has 23 heavy (non-hydrogen) atoms. The minimum absolute atomic E-state index is 0.0529. The van der Waals surface area contributed by atoms with Gasteiger partial charge >= 0.3 is 0 Å². The molecule has 3 rings (SSSR count). The lowest BCUT2D eigenvalue weighted by Gasteiger charge is -2.62. The first-order valence-corrected chi connectivity index (χ1v) is 9.02. The maximum absolute atomic E-state index is 10.5. The van der Waals surface area contributed by atoms with Gasteiger partial charge in [0.25, 0.3) is 0 Å². The van der Waals surface area contributed by atoms with Crippen LogP contribution in [0.5, 0.6) is 0 Å². The fraction of sp³-hybridized carbons (Fsp3) is 0.800. The Labute approximate surface area is 140 Å². The molecule has 130 valence electrons. The van der Waals surface area contributed by atoms with Crippen LogP contribution in [-0.4, -0.2) is 34.1 Å². The molecular weight excluding hydrogens is 288 g/mol. The van der Waals surface area contributed by atoms with Crippen LogP contribution in [0, 0.1) is 28.1 Å². The summed E-state index contributed by atoms with van der Waals surface area (Å²) in [7, 11) is 0. The largest absolute Gasteiger partial charge is 0.396 e. The lowest BCUT2D eigenvalue weighted by molar-refractivity contribution is -0.201. The molecule has 0 spiro atoms. The van der Waals surface area contributed by atoms with Gasteiger partial charge in [0.2, 0.25) is 0 Å². The van der Waals surface area contributed by atoms with Crippen molar-refractivity contribution in [1.29, 1.82) is 0 Å². The SMILES string of the molecule is C=C[C@]1(C)C=C2CC[C@H]3[C@](C)(CO)[C@@H](O)[C@H](O)C[C@]3(C)C2CC1. The molecule has 2 fully saturated rings. The van der Waals surface area contributed by atoms with Gasteiger partial charge in [0.15, 0.2) is 0 Å². The highest BCUT2D eigenvalue weighted by Gasteiger charge is 2.61. The molecule has 0 saturated heterocycles. The Morgan fingerprint density at radius 1 is 1.26 bits per heavy atom. The average Bonchev–Trinajstić information content (AvgIpc) is 2.52. The Morgan fingerprint density at radius 3 is 2.57 bits per heavy atom. The van der Waals surface area contributed by atoms with Gasteiger partial charge in [-0.3, -0.25) is 0 Å². The summed E-state index contributed by atoms with van der Waals surface area (Å²) in [5.41, 5.74) is 0.920. The third-order valence-electron chi connectivity index (χ3n) is 7.54. The molecule has 3 N–H and O–H groups in total. The molecule has 0 bridgehead atoms. The Hall–Kier alpha value is -0.640. The van der Waals surface area contributed by atoms with Crippen LogP contribution in [0.4, 0.5) is 0 Å². The van der Waals surface area contributed by atoms with Gasteiger partial charge in [-0.1, -0.05) is 38.5 Å². The molecule has 0 aliphatic heterocycles. The molecular formula is C20H32O3. The van der Waals surface area contributed by atoms with Crippen molar-refractivity contribution in [1.82, 2.24) is 0 Å². The van der Waals surface area contributed by atoms with Gasteiger partial charge in [-0.05, 0) is 49.4 Å². The van der Waals surface area contributed by atoms with E-state index >= 15 is 0 Å². The third-order valence-corrected chi connectivity index (χ3v) is 7.54. The van der Waals surface area contributed by atoms with Gasteiger partial charge in [0.1, 0.15) is 0 Å². The summed E-state index contributed by atoms with van der Waals surface area (Å²) >= 11 is 0. The van der Waals surface area contributed by atoms with Gasteiger partial charge in [-0.2, -0.15) is 0 Å². The van der Waals surface area contributed by atoms with Crippen molar-refractivity contribution in [3.05, 3.63) is 24.3 Å². The molecule has 3 aliphatic carbocycles. The predicted molar refractivity (Wildman–Crippen MR) is 91.8 cm³/mol. The van der Waals surface area contributed by atoms with E-state index in [1.807, 2.05) is 6.92 Å². The second-order valence-electron chi connectivity index (χ2n) is 9.00. The van der Waals surface area contributed by atoms with Crippen molar-refractivity contribution >= 4 is 0 Å². The fourth-order valence-electron chi connectivity index (χ4n) is 6.06. The maximum atomic E-state index is 10.5. The van der Waals surface area contributed by atoms with Crippen LogP contribution in [0.1, 0.15) is 52.9 Å². The van der Waals surface area contributed by atoms with Crippen molar-refractivity contribution in [2.24, 2.45) is 28.1 Å². The van der Waals surface area contributed by atoms with E-state index in [2.05, 4.69) is 32.6 Å². The Morgan fingerprint density at radius 2 is 1.96 bits per heavy atom. The lowest BCUT2D eigenvalue weighted by atomic mass is 9.44. The van der Waals surface area contributed by atoms with E-state index in [0.717, 1.165) is 25.7 Å². The van der Waals surface area contributed by atoms with Crippen molar-refractivity contribution in [2.75, 3.05) is 6.61 Å². The van der Waals surface area contributed by atoms with Crippen LogP contribution in [0.25, 0.3) is 0 Å². The zero-order valence-corrected chi connectivity index (χ0v) is 14.8. The average molecular weight is 320 g/mol. The molecule has 3 nitrogen and oxygen atoms in total. The van der Waals surface area contributed by atoms with Crippen LogP contribution in [0.15, 0.2) is 24.3 Å². The molecule has 0 heterocycles. The van der Waals surface area contributed by atoms with Crippen LogP contribution < -0.4 is 0 Å². The molecule has 0 amide bonds. The molecule has 0 aromatic heterocycles. The topological polar surface area (TPSA) is 60.7 Å². The lowest BCUT2D eigenvalue weighted by Crippen LogP contribution is -2.62. The van der Waals surface area contributed by atoms with Crippen LogP contribution in [-0.2, 0) is 0 Å². The number of allylic oxidation sites excluding steroid dienone is 3. The third kappa shape index (κ3) is 2.35. The molecule has 7 atom stereocenters. The standard InChI is InChI=1S/C20H32O3/c1-5-18(2)9-8-14-13(10-18)6-7-16-19(14,3)11-15(22)17(23)20(16,4)12-21/h5,10,14-17,21-23H,1,6-9,11-12H2,2-4H3/t14?,15-,16-,17+,18+,19-,20+/m1/s1. The first kappa shape index (κ1) is 17.2. The Balaban J connectivity index is 2.02. The summed E-state index contributed by atoms with van der Waals surface area (Å²) in [6.45, 7) is 10.4. The normalized spacial score (nSPS) is 53.0. The molecule has 0 aromatic rings. The number of fused-ring (bicyclic) bond motifs is 3. The quantitative estimate of drug-likeness (QED) is 0.685. The Kier molecular flexibility index (Phi) is 4.06. The van der Waals surface area contributed by atoms with E-state index in [1.165, 1.54) is 5.57 Å².